The zero-order valence-electron chi connectivity index (χ0n) is 9.93. The number of nitrogens with one attached hydrogen (secondary N) is 1. The van der Waals surface area contributed by atoms with Gasteiger partial charge in [-0.25, -0.2) is 4.98 Å². The van der Waals surface area contributed by atoms with Gasteiger partial charge in [0.25, 0.3) is 0 Å². The number of pyridine rings is 1. The van der Waals surface area contributed by atoms with Crippen molar-refractivity contribution >= 4 is 5.95 Å². The molecule has 0 aliphatic rings. The fourth-order valence-corrected chi connectivity index (χ4v) is 1.66. The van der Waals surface area contributed by atoms with Gasteiger partial charge in [0.05, 0.1) is 12.2 Å². The van der Waals surface area contributed by atoms with Crippen molar-refractivity contribution in [3.8, 4) is 0 Å². The molecule has 1 N–H and O–H groups in total. The van der Waals surface area contributed by atoms with Crippen LogP contribution in [0.5, 0.6) is 0 Å². The Morgan fingerprint density at radius 1 is 1.41 bits per heavy atom. The highest BCUT2D eigenvalue weighted by Gasteiger charge is 2.04. The minimum atomic E-state index is 0.715. The molecule has 0 saturated heterocycles. The van der Waals surface area contributed by atoms with Crippen molar-refractivity contribution in [2.24, 2.45) is 0 Å². The molecule has 4 nitrogen and oxygen atoms in total. The van der Waals surface area contributed by atoms with Crippen LogP contribution in [0.15, 0.2) is 43.4 Å². The molecular formula is C13H16N4. The summed E-state index contributed by atoms with van der Waals surface area (Å²) >= 11 is 0. The molecule has 0 atom stereocenters. The largest absolute Gasteiger partial charge is 0.352 e. The van der Waals surface area contributed by atoms with Crippen LogP contribution in [0.25, 0.3) is 0 Å². The lowest BCUT2D eigenvalue weighted by Gasteiger charge is -2.08. The van der Waals surface area contributed by atoms with Crippen LogP contribution in [0.1, 0.15) is 11.3 Å². The number of rotatable bonds is 5. The molecule has 4 heteroatoms. The Bertz CT molecular complexity index is 487. The average molecular weight is 228 g/mol. The van der Waals surface area contributed by atoms with Crippen LogP contribution in [0, 0.1) is 6.92 Å². The highest BCUT2D eigenvalue weighted by Crippen LogP contribution is 2.11. The Morgan fingerprint density at radius 2 is 2.18 bits per heavy atom. The Hall–Kier alpha value is -2.10. The molecular weight excluding hydrogens is 212 g/mol. The molecule has 0 unspecified atom stereocenters. The van der Waals surface area contributed by atoms with E-state index in [4.69, 9.17) is 0 Å². The van der Waals surface area contributed by atoms with Gasteiger partial charge in [0.1, 0.15) is 0 Å². The number of aryl methyl sites for hydroxylation is 1. The molecule has 0 aliphatic heterocycles. The maximum atomic E-state index is 4.43. The topological polar surface area (TPSA) is 42.7 Å². The molecule has 0 aromatic carbocycles. The van der Waals surface area contributed by atoms with Crippen molar-refractivity contribution in [2.45, 2.75) is 13.5 Å². The third kappa shape index (κ3) is 2.93. The van der Waals surface area contributed by atoms with Crippen LogP contribution in [-0.4, -0.2) is 21.1 Å². The third-order valence-corrected chi connectivity index (χ3v) is 2.40. The number of anilines is 1. The Morgan fingerprint density at radius 3 is 2.88 bits per heavy atom. The smallest absolute Gasteiger partial charge is 0.203 e. The fourth-order valence-electron chi connectivity index (χ4n) is 1.66. The zero-order chi connectivity index (χ0) is 12.1. The van der Waals surface area contributed by atoms with Gasteiger partial charge in [-0.1, -0.05) is 6.08 Å². The molecule has 0 aliphatic carbocycles. The predicted molar refractivity (Wildman–Crippen MR) is 69.0 cm³/mol. The maximum absolute atomic E-state index is 4.43. The van der Waals surface area contributed by atoms with Gasteiger partial charge in [0.2, 0.25) is 5.95 Å². The minimum Gasteiger partial charge on any atom is -0.352 e. The third-order valence-electron chi connectivity index (χ3n) is 2.40. The first-order valence-electron chi connectivity index (χ1n) is 5.57. The van der Waals surface area contributed by atoms with Crippen molar-refractivity contribution in [2.75, 3.05) is 11.9 Å². The van der Waals surface area contributed by atoms with Gasteiger partial charge in [0, 0.05) is 25.1 Å². The van der Waals surface area contributed by atoms with E-state index in [-0.39, 0.29) is 0 Å². The number of imidazole rings is 1. The highest BCUT2D eigenvalue weighted by molar-refractivity contribution is 5.31. The van der Waals surface area contributed by atoms with Crippen LogP contribution in [0.4, 0.5) is 5.95 Å². The lowest BCUT2D eigenvalue weighted by atomic mass is 10.3. The minimum absolute atomic E-state index is 0.715. The van der Waals surface area contributed by atoms with Crippen molar-refractivity contribution in [1.29, 1.82) is 0 Å². The average Bonchev–Trinajstić information content (AvgIpc) is 2.68. The van der Waals surface area contributed by atoms with E-state index < -0.39 is 0 Å². The van der Waals surface area contributed by atoms with Gasteiger partial charge in [-0.05, 0) is 24.6 Å². The summed E-state index contributed by atoms with van der Waals surface area (Å²) < 4.78 is 2.09. The molecule has 0 spiro atoms. The summed E-state index contributed by atoms with van der Waals surface area (Å²) in [6.45, 7) is 7.19. The van der Waals surface area contributed by atoms with E-state index in [1.165, 1.54) is 5.56 Å². The summed E-state index contributed by atoms with van der Waals surface area (Å²) in [5.74, 6) is 0.874. The molecule has 88 valence electrons. The van der Waals surface area contributed by atoms with Crippen LogP contribution in [0.3, 0.4) is 0 Å². The van der Waals surface area contributed by atoms with Gasteiger partial charge in [-0.3, -0.25) is 4.98 Å². The number of hydrogen-bond donors (Lipinski definition) is 1. The summed E-state index contributed by atoms with van der Waals surface area (Å²) in [6.07, 6.45) is 7.46. The summed E-state index contributed by atoms with van der Waals surface area (Å²) in [5, 5.41) is 3.22. The van der Waals surface area contributed by atoms with E-state index in [1.807, 2.05) is 31.3 Å². The summed E-state index contributed by atoms with van der Waals surface area (Å²) in [5.41, 5.74) is 2.21. The lowest BCUT2D eigenvalue weighted by molar-refractivity contribution is 0.800. The van der Waals surface area contributed by atoms with Crippen molar-refractivity contribution in [3.05, 3.63) is 54.6 Å². The summed E-state index contributed by atoms with van der Waals surface area (Å²) in [6, 6.07) is 4.01. The molecule has 0 radical (unpaired) electrons. The molecule has 17 heavy (non-hydrogen) atoms. The van der Waals surface area contributed by atoms with Crippen LogP contribution in [-0.2, 0) is 6.54 Å². The SMILES string of the molecule is C=CCNc1nc(C)cn1Cc1ccncc1. The molecule has 2 rings (SSSR count). The molecule has 0 amide bonds. The second kappa shape index (κ2) is 5.30. The number of aromatic nitrogens is 3. The molecule has 2 heterocycles. The van der Waals surface area contributed by atoms with Gasteiger partial charge in [-0.2, -0.15) is 0 Å². The van der Waals surface area contributed by atoms with E-state index in [0.29, 0.717) is 6.54 Å². The lowest BCUT2D eigenvalue weighted by Crippen LogP contribution is -2.07. The first-order chi connectivity index (χ1) is 8.29. The fraction of sp³-hybridized carbons (Fsp3) is 0.231. The number of hydrogen-bond acceptors (Lipinski definition) is 3. The van der Waals surface area contributed by atoms with E-state index in [9.17, 15) is 0 Å². The second-order valence-corrected chi connectivity index (χ2v) is 3.86. The first kappa shape index (κ1) is 11.4. The Balaban J connectivity index is 2.17. The molecule has 2 aromatic rings. The van der Waals surface area contributed by atoms with Gasteiger partial charge >= 0.3 is 0 Å². The van der Waals surface area contributed by atoms with E-state index in [2.05, 4.69) is 26.4 Å². The van der Waals surface area contributed by atoms with E-state index >= 15 is 0 Å². The standard InChI is InChI=1S/C13H16N4/c1-3-6-15-13-16-11(2)9-17(13)10-12-4-7-14-8-5-12/h3-5,7-9H,1,6,10H2,2H3,(H,15,16). The Labute approximate surface area is 101 Å². The van der Waals surface area contributed by atoms with Gasteiger partial charge < -0.3 is 9.88 Å². The Kier molecular flexibility index (Phi) is 3.55. The summed E-state index contributed by atoms with van der Waals surface area (Å²) in [4.78, 5) is 8.44. The summed E-state index contributed by atoms with van der Waals surface area (Å²) in [7, 11) is 0. The van der Waals surface area contributed by atoms with Crippen LogP contribution >= 0.6 is 0 Å². The molecule has 0 fully saturated rings. The number of nitrogens with zero attached hydrogens (tertiary/aromatic N) is 3. The molecule has 0 bridgehead atoms. The van der Waals surface area contributed by atoms with E-state index in [1.54, 1.807) is 12.4 Å². The zero-order valence-corrected chi connectivity index (χ0v) is 9.93. The van der Waals surface area contributed by atoms with Crippen molar-refractivity contribution in [1.82, 2.24) is 14.5 Å². The highest BCUT2D eigenvalue weighted by atomic mass is 15.2. The van der Waals surface area contributed by atoms with Crippen LogP contribution < -0.4 is 5.32 Å². The maximum Gasteiger partial charge on any atom is 0.203 e. The van der Waals surface area contributed by atoms with Crippen molar-refractivity contribution in [3.63, 3.8) is 0 Å². The van der Waals surface area contributed by atoms with Gasteiger partial charge in [-0.15, -0.1) is 6.58 Å². The monoisotopic (exact) mass is 228 g/mol. The molecule has 0 saturated carbocycles. The molecule has 2 aromatic heterocycles. The first-order valence-corrected chi connectivity index (χ1v) is 5.57. The van der Waals surface area contributed by atoms with Crippen LogP contribution in [0.2, 0.25) is 0 Å². The van der Waals surface area contributed by atoms with Gasteiger partial charge in [0.15, 0.2) is 0 Å². The van der Waals surface area contributed by atoms with E-state index in [0.717, 1.165) is 18.2 Å². The van der Waals surface area contributed by atoms with Crippen molar-refractivity contribution < 1.29 is 0 Å². The predicted octanol–water partition coefficient (Wildman–Crippen LogP) is 2.23. The second-order valence-electron chi connectivity index (χ2n) is 3.86. The normalized spacial score (nSPS) is 10.2. The quantitative estimate of drug-likeness (QED) is 0.798.